The number of nitrogens with zero attached hydrogens (tertiary/aromatic N) is 1. The summed E-state index contributed by atoms with van der Waals surface area (Å²) in [5, 5.41) is 6.95. The minimum Gasteiger partial charge on any atom is -0.497 e. The van der Waals surface area contributed by atoms with Crippen molar-refractivity contribution in [2.24, 2.45) is 17.3 Å². The Labute approximate surface area is 193 Å². The highest BCUT2D eigenvalue weighted by molar-refractivity contribution is 5.78. The molecule has 5 rings (SSSR count). The van der Waals surface area contributed by atoms with Gasteiger partial charge in [0.2, 0.25) is 5.91 Å². The van der Waals surface area contributed by atoms with Crippen molar-refractivity contribution in [1.29, 1.82) is 0 Å². The highest BCUT2D eigenvalue weighted by atomic mass is 16.5. The summed E-state index contributed by atoms with van der Waals surface area (Å²) in [6.07, 6.45) is 10.1. The van der Waals surface area contributed by atoms with Gasteiger partial charge in [0, 0.05) is 19.1 Å². The van der Waals surface area contributed by atoms with Crippen LogP contribution < -0.4 is 15.4 Å². The van der Waals surface area contributed by atoms with Crippen molar-refractivity contribution in [1.82, 2.24) is 15.5 Å². The number of amides is 1. The molecular weight excluding hydrogens is 398 g/mol. The van der Waals surface area contributed by atoms with E-state index >= 15 is 0 Å². The molecule has 1 aromatic carbocycles. The molecule has 0 bridgehead atoms. The van der Waals surface area contributed by atoms with E-state index in [1.807, 2.05) is 0 Å². The van der Waals surface area contributed by atoms with Crippen molar-refractivity contribution in [2.75, 3.05) is 39.8 Å². The Morgan fingerprint density at radius 2 is 2.16 bits per heavy atom. The van der Waals surface area contributed by atoms with Gasteiger partial charge in [-0.3, -0.25) is 9.69 Å². The van der Waals surface area contributed by atoms with E-state index in [0.717, 1.165) is 62.5 Å². The first kappa shape index (κ1) is 22.2. The topological polar surface area (TPSA) is 53.6 Å². The monoisotopic (exact) mass is 439 g/mol. The first-order chi connectivity index (χ1) is 15.6. The number of benzene rings is 1. The van der Waals surface area contributed by atoms with Crippen LogP contribution in [0, 0.1) is 17.3 Å². The van der Waals surface area contributed by atoms with E-state index in [-0.39, 0.29) is 5.91 Å². The molecule has 4 aliphatic rings. The molecule has 1 aliphatic heterocycles. The number of fused-ring (bicyclic) bond motifs is 5. The molecule has 0 radical (unpaired) electrons. The zero-order chi connectivity index (χ0) is 22.1. The van der Waals surface area contributed by atoms with E-state index in [2.05, 4.69) is 40.7 Å². The fourth-order valence-electron chi connectivity index (χ4n) is 7.66. The summed E-state index contributed by atoms with van der Waals surface area (Å²) in [6.45, 7) is 7.12. The summed E-state index contributed by atoms with van der Waals surface area (Å²) in [7, 11) is 1.77. The molecule has 1 amide bonds. The Bertz CT molecular complexity index is 827. The molecule has 1 saturated heterocycles. The largest absolute Gasteiger partial charge is 0.497 e. The molecule has 5 atom stereocenters. The van der Waals surface area contributed by atoms with E-state index < -0.39 is 0 Å². The Balaban J connectivity index is 1.17. The van der Waals surface area contributed by atoms with Crippen molar-refractivity contribution >= 4 is 5.91 Å². The molecule has 3 aliphatic carbocycles. The van der Waals surface area contributed by atoms with Gasteiger partial charge in [0.1, 0.15) is 5.75 Å². The second-order valence-electron chi connectivity index (χ2n) is 10.9. The molecule has 1 heterocycles. The normalized spacial score (nSPS) is 34.8. The molecular formula is C27H41N3O2. The lowest BCUT2D eigenvalue weighted by molar-refractivity contribution is -0.121. The van der Waals surface area contributed by atoms with Crippen LogP contribution >= 0.6 is 0 Å². The van der Waals surface area contributed by atoms with Gasteiger partial charge < -0.3 is 15.4 Å². The number of hydrogen-bond acceptors (Lipinski definition) is 4. The van der Waals surface area contributed by atoms with Gasteiger partial charge in [0.25, 0.3) is 0 Å². The van der Waals surface area contributed by atoms with Crippen LogP contribution in [0.1, 0.15) is 68.9 Å². The second-order valence-corrected chi connectivity index (χ2v) is 10.9. The third-order valence-corrected chi connectivity index (χ3v) is 9.32. The minimum absolute atomic E-state index is 0.186. The number of carbonyl (C=O) groups is 1. The highest BCUT2D eigenvalue weighted by Gasteiger charge is 2.54. The number of nitrogens with one attached hydrogen (secondary N) is 2. The van der Waals surface area contributed by atoms with Gasteiger partial charge in [-0.25, -0.2) is 0 Å². The molecule has 176 valence electrons. The van der Waals surface area contributed by atoms with Crippen LogP contribution in [0.3, 0.4) is 0 Å². The molecule has 1 unspecified atom stereocenters. The van der Waals surface area contributed by atoms with Crippen LogP contribution in [-0.4, -0.2) is 56.7 Å². The SMILES string of the molecule is COc1ccc2c(c1)CC[C@@H]1[C@@H]2CC[C@]2(C)C(NCCCN3CCCNC(=O)C3)CC[C@@H]12. The fraction of sp³-hybridized carbons (Fsp3) is 0.741. The van der Waals surface area contributed by atoms with Crippen LogP contribution in [0.2, 0.25) is 0 Å². The number of hydrogen-bond donors (Lipinski definition) is 2. The second kappa shape index (κ2) is 9.34. The zero-order valence-electron chi connectivity index (χ0n) is 20.0. The third-order valence-electron chi connectivity index (χ3n) is 9.32. The Hall–Kier alpha value is -1.59. The quantitative estimate of drug-likeness (QED) is 0.664. The minimum atomic E-state index is 0.186. The predicted molar refractivity (Wildman–Crippen MR) is 128 cm³/mol. The number of aryl methyl sites for hydroxylation is 1. The van der Waals surface area contributed by atoms with E-state index in [4.69, 9.17) is 4.74 Å². The van der Waals surface area contributed by atoms with Crippen LogP contribution in [0.5, 0.6) is 5.75 Å². The predicted octanol–water partition coefficient (Wildman–Crippen LogP) is 3.72. The maximum absolute atomic E-state index is 11.8. The Morgan fingerprint density at radius 3 is 3.03 bits per heavy atom. The number of rotatable bonds is 6. The van der Waals surface area contributed by atoms with Gasteiger partial charge in [0.05, 0.1) is 13.7 Å². The number of ether oxygens (including phenoxy) is 1. The first-order valence-electron chi connectivity index (χ1n) is 13.0. The van der Waals surface area contributed by atoms with E-state index in [1.165, 1.54) is 44.1 Å². The van der Waals surface area contributed by atoms with E-state index in [0.29, 0.717) is 18.0 Å². The van der Waals surface area contributed by atoms with Gasteiger partial charge in [-0.2, -0.15) is 0 Å². The molecule has 1 aromatic rings. The van der Waals surface area contributed by atoms with Crippen molar-refractivity contribution in [3.05, 3.63) is 29.3 Å². The maximum atomic E-state index is 11.8. The van der Waals surface area contributed by atoms with Gasteiger partial charge in [0.15, 0.2) is 0 Å². The average Bonchev–Trinajstić information content (AvgIpc) is 2.99. The van der Waals surface area contributed by atoms with Gasteiger partial charge in [-0.05, 0) is 111 Å². The first-order valence-corrected chi connectivity index (χ1v) is 13.0. The van der Waals surface area contributed by atoms with Crippen molar-refractivity contribution in [3.63, 3.8) is 0 Å². The highest BCUT2D eigenvalue weighted by Crippen LogP contribution is 2.60. The summed E-state index contributed by atoms with van der Waals surface area (Å²) in [4.78, 5) is 14.1. The van der Waals surface area contributed by atoms with E-state index in [9.17, 15) is 4.79 Å². The molecule has 5 heteroatoms. The average molecular weight is 440 g/mol. The van der Waals surface area contributed by atoms with E-state index in [1.54, 1.807) is 12.7 Å². The Morgan fingerprint density at radius 1 is 1.25 bits per heavy atom. The number of carbonyl (C=O) groups excluding carboxylic acids is 1. The fourth-order valence-corrected chi connectivity index (χ4v) is 7.66. The zero-order valence-corrected chi connectivity index (χ0v) is 20.0. The lowest BCUT2D eigenvalue weighted by Gasteiger charge is -2.51. The summed E-state index contributed by atoms with van der Waals surface area (Å²) in [5.41, 5.74) is 3.58. The molecule has 5 nitrogen and oxygen atoms in total. The van der Waals surface area contributed by atoms with Crippen molar-refractivity contribution in [3.8, 4) is 5.75 Å². The van der Waals surface area contributed by atoms with Gasteiger partial charge in [-0.1, -0.05) is 13.0 Å². The maximum Gasteiger partial charge on any atom is 0.234 e. The van der Waals surface area contributed by atoms with Crippen LogP contribution in [0.25, 0.3) is 0 Å². The third kappa shape index (κ3) is 4.19. The standard InChI is InChI=1S/C27H41N3O2/c1-27-12-11-22-21-8-6-20(32-2)17-19(21)5-7-23(22)24(27)9-10-25(27)28-13-3-15-30-16-4-14-29-26(31)18-30/h6,8,17,22-25,28H,3-5,7,9-16,18H2,1-2H3,(H,29,31)/t22-,23-,24+,25?,27+/m1/s1. The summed E-state index contributed by atoms with van der Waals surface area (Å²) in [6, 6.07) is 7.47. The summed E-state index contributed by atoms with van der Waals surface area (Å²) in [5.74, 6) is 3.63. The van der Waals surface area contributed by atoms with Crippen molar-refractivity contribution in [2.45, 2.75) is 70.3 Å². The smallest absolute Gasteiger partial charge is 0.234 e. The lowest BCUT2D eigenvalue weighted by Crippen LogP contribution is -2.49. The van der Waals surface area contributed by atoms with Gasteiger partial charge in [-0.15, -0.1) is 0 Å². The molecule has 2 saturated carbocycles. The van der Waals surface area contributed by atoms with Gasteiger partial charge >= 0.3 is 0 Å². The molecule has 3 fully saturated rings. The number of methoxy groups -OCH3 is 1. The van der Waals surface area contributed by atoms with Crippen LogP contribution in [0.4, 0.5) is 0 Å². The molecule has 0 spiro atoms. The molecule has 32 heavy (non-hydrogen) atoms. The van der Waals surface area contributed by atoms with Crippen LogP contribution in [-0.2, 0) is 11.2 Å². The molecule has 2 N–H and O–H groups in total. The lowest BCUT2D eigenvalue weighted by atomic mass is 9.55. The van der Waals surface area contributed by atoms with Crippen molar-refractivity contribution < 1.29 is 9.53 Å². The Kier molecular flexibility index (Phi) is 6.48. The summed E-state index contributed by atoms with van der Waals surface area (Å²) >= 11 is 0. The van der Waals surface area contributed by atoms with Crippen LogP contribution in [0.15, 0.2) is 18.2 Å². The molecule has 0 aromatic heterocycles. The summed E-state index contributed by atoms with van der Waals surface area (Å²) < 4.78 is 5.48.